The average Bonchev–Trinajstić information content (AvgIpc) is 1.79. The second-order valence-corrected chi connectivity index (χ2v) is 5.56. The van der Waals surface area contributed by atoms with Crippen LogP contribution in [0.2, 0.25) is 0 Å². The van der Waals surface area contributed by atoms with Gasteiger partial charge in [-0.1, -0.05) is 23.2 Å². The zero-order valence-electron chi connectivity index (χ0n) is 6.55. The molecule has 0 aliphatic heterocycles. The fourth-order valence-corrected chi connectivity index (χ4v) is 1.88. The summed E-state index contributed by atoms with van der Waals surface area (Å²) < 4.78 is 22.5. The Morgan fingerprint density at radius 1 is 1.29 bits per heavy atom. The molecule has 0 amide bonds. The van der Waals surface area contributed by atoms with Gasteiger partial charge in [0.2, 0.25) is 5.24 Å². The van der Waals surface area contributed by atoms with E-state index in [1.54, 1.807) is 0 Å². The Morgan fingerprint density at radius 3 is 2.00 bits per heavy atom. The van der Waals surface area contributed by atoms with E-state index < -0.39 is 26.8 Å². The molecule has 0 aromatic heterocycles. The molecule has 1 unspecified atom stereocenters. The Balaban J connectivity index is 4.29. The predicted octanol–water partition coefficient (Wildman–Crippen LogP) is 4.14. The van der Waals surface area contributed by atoms with Crippen LogP contribution in [0.25, 0.3) is 0 Å². The first-order valence-corrected chi connectivity index (χ1v) is 5.28. The SMILES string of the molecule is O=C(Cl)CC(Cl)CC(Cl)(Cl)C(F)(F)Cl. The van der Waals surface area contributed by atoms with Crippen LogP contribution >= 0.6 is 58.0 Å². The van der Waals surface area contributed by atoms with Crippen LogP contribution < -0.4 is 0 Å². The highest BCUT2D eigenvalue weighted by molar-refractivity contribution is 6.64. The quantitative estimate of drug-likeness (QED) is 0.551. The number of halogens is 7. The summed E-state index contributed by atoms with van der Waals surface area (Å²) in [7, 11) is 0. The lowest BCUT2D eigenvalue weighted by Crippen LogP contribution is -2.35. The number of alkyl halides is 6. The number of hydrogen-bond donors (Lipinski definition) is 0. The van der Waals surface area contributed by atoms with Crippen molar-refractivity contribution in [2.24, 2.45) is 0 Å². The lowest BCUT2D eigenvalue weighted by Gasteiger charge is -2.25. The summed E-state index contributed by atoms with van der Waals surface area (Å²) in [5.41, 5.74) is 0. The van der Waals surface area contributed by atoms with Gasteiger partial charge in [0, 0.05) is 18.2 Å². The maximum Gasteiger partial charge on any atom is 0.354 e. The molecular formula is C6H5Cl5F2O. The molecule has 0 aliphatic carbocycles. The van der Waals surface area contributed by atoms with Crippen molar-refractivity contribution in [1.82, 2.24) is 0 Å². The highest BCUT2D eigenvalue weighted by Crippen LogP contribution is 2.45. The molecule has 0 fully saturated rings. The molecular weight excluding hydrogens is 303 g/mol. The van der Waals surface area contributed by atoms with Crippen molar-refractivity contribution in [2.45, 2.75) is 27.9 Å². The molecule has 0 N–H and O–H groups in total. The Kier molecular flexibility index (Phi) is 5.73. The molecule has 1 nitrogen and oxygen atoms in total. The Hall–Kier alpha value is 0.980. The van der Waals surface area contributed by atoms with Crippen molar-refractivity contribution in [3.8, 4) is 0 Å². The van der Waals surface area contributed by atoms with E-state index in [4.69, 9.17) is 46.4 Å². The Morgan fingerprint density at radius 2 is 1.71 bits per heavy atom. The van der Waals surface area contributed by atoms with Crippen molar-refractivity contribution >= 4 is 63.2 Å². The molecule has 0 aromatic rings. The third-order valence-electron chi connectivity index (χ3n) is 1.27. The summed E-state index contributed by atoms with van der Waals surface area (Å²) in [4.78, 5) is 10.4. The Labute approximate surface area is 105 Å². The van der Waals surface area contributed by atoms with Crippen LogP contribution in [0.1, 0.15) is 12.8 Å². The van der Waals surface area contributed by atoms with Gasteiger partial charge in [0.25, 0.3) is 0 Å². The van der Waals surface area contributed by atoms with Gasteiger partial charge in [-0.05, 0) is 23.2 Å². The molecule has 0 heterocycles. The van der Waals surface area contributed by atoms with E-state index in [1.807, 2.05) is 0 Å². The number of carbonyl (C=O) groups is 1. The van der Waals surface area contributed by atoms with Crippen LogP contribution in [0.3, 0.4) is 0 Å². The smallest absolute Gasteiger partial charge is 0.281 e. The molecule has 0 rings (SSSR count). The normalized spacial score (nSPS) is 15.4. The molecule has 14 heavy (non-hydrogen) atoms. The van der Waals surface area contributed by atoms with Crippen LogP contribution in [-0.2, 0) is 4.79 Å². The lowest BCUT2D eigenvalue weighted by atomic mass is 10.2. The van der Waals surface area contributed by atoms with E-state index in [-0.39, 0.29) is 6.42 Å². The van der Waals surface area contributed by atoms with Crippen molar-refractivity contribution in [1.29, 1.82) is 0 Å². The molecule has 0 saturated carbocycles. The van der Waals surface area contributed by atoms with Gasteiger partial charge in [-0.3, -0.25) is 4.79 Å². The molecule has 0 aromatic carbocycles. The van der Waals surface area contributed by atoms with Crippen LogP contribution in [0, 0.1) is 0 Å². The summed E-state index contributed by atoms with van der Waals surface area (Å²) >= 11 is 25.6. The first-order valence-electron chi connectivity index (χ1n) is 3.33. The second-order valence-electron chi connectivity index (χ2n) is 2.56. The summed E-state index contributed by atoms with van der Waals surface area (Å²) in [5.74, 6) is 0. The van der Waals surface area contributed by atoms with Crippen LogP contribution in [0.5, 0.6) is 0 Å². The molecule has 0 saturated heterocycles. The van der Waals surface area contributed by atoms with E-state index in [2.05, 4.69) is 11.6 Å². The van der Waals surface area contributed by atoms with Crippen LogP contribution in [-0.4, -0.2) is 20.3 Å². The third-order valence-corrected chi connectivity index (χ3v) is 3.04. The second kappa shape index (κ2) is 5.35. The first-order chi connectivity index (χ1) is 6.06. The van der Waals surface area contributed by atoms with E-state index in [1.165, 1.54) is 0 Å². The number of rotatable bonds is 5. The predicted molar refractivity (Wildman–Crippen MR) is 55.0 cm³/mol. The van der Waals surface area contributed by atoms with E-state index in [9.17, 15) is 13.6 Å². The molecule has 0 spiro atoms. The maximum absolute atomic E-state index is 12.5. The van der Waals surface area contributed by atoms with Gasteiger partial charge in [0.1, 0.15) is 0 Å². The van der Waals surface area contributed by atoms with Crippen LogP contribution in [0.4, 0.5) is 8.78 Å². The largest absolute Gasteiger partial charge is 0.354 e. The zero-order valence-corrected chi connectivity index (χ0v) is 10.3. The van der Waals surface area contributed by atoms with Gasteiger partial charge in [-0.25, -0.2) is 0 Å². The molecule has 84 valence electrons. The van der Waals surface area contributed by atoms with Gasteiger partial charge in [0.15, 0.2) is 4.33 Å². The van der Waals surface area contributed by atoms with Crippen molar-refractivity contribution < 1.29 is 13.6 Å². The lowest BCUT2D eigenvalue weighted by molar-refractivity contribution is -0.111. The monoisotopic (exact) mass is 306 g/mol. The van der Waals surface area contributed by atoms with Crippen molar-refractivity contribution in [2.75, 3.05) is 0 Å². The Bertz CT molecular complexity index is 215. The summed E-state index contributed by atoms with van der Waals surface area (Å²) in [6, 6.07) is 0. The van der Waals surface area contributed by atoms with Gasteiger partial charge in [-0.2, -0.15) is 8.78 Å². The van der Waals surface area contributed by atoms with Gasteiger partial charge in [0.05, 0.1) is 0 Å². The van der Waals surface area contributed by atoms with Gasteiger partial charge in [-0.15, -0.1) is 11.6 Å². The van der Waals surface area contributed by atoms with Gasteiger partial charge < -0.3 is 0 Å². The van der Waals surface area contributed by atoms with Crippen molar-refractivity contribution in [3.05, 3.63) is 0 Å². The summed E-state index contributed by atoms with van der Waals surface area (Å²) in [6.07, 6.45) is -0.857. The molecule has 1 atom stereocenters. The van der Waals surface area contributed by atoms with E-state index in [0.717, 1.165) is 0 Å². The number of carbonyl (C=O) groups excluding carboxylic acids is 1. The summed E-state index contributed by atoms with van der Waals surface area (Å²) in [6.45, 7) is 0. The standard InChI is InChI=1S/C6H5Cl5F2O/c7-3(1-4(8)14)2-5(9,10)6(11,12)13/h3H,1-2H2. The maximum atomic E-state index is 12.5. The molecule has 0 radical (unpaired) electrons. The molecule has 0 bridgehead atoms. The minimum atomic E-state index is -3.82. The third kappa shape index (κ3) is 5.17. The zero-order chi connectivity index (χ0) is 11.6. The fraction of sp³-hybridized carbons (Fsp3) is 0.833. The molecule has 0 aliphatic rings. The average molecular weight is 308 g/mol. The van der Waals surface area contributed by atoms with Crippen LogP contribution in [0.15, 0.2) is 0 Å². The minimum absolute atomic E-state index is 0.308. The van der Waals surface area contributed by atoms with E-state index >= 15 is 0 Å². The number of hydrogen-bond acceptors (Lipinski definition) is 1. The topological polar surface area (TPSA) is 17.1 Å². The summed E-state index contributed by atoms with van der Waals surface area (Å²) in [5, 5.41) is -5.56. The van der Waals surface area contributed by atoms with Gasteiger partial charge >= 0.3 is 5.38 Å². The van der Waals surface area contributed by atoms with Crippen molar-refractivity contribution in [3.63, 3.8) is 0 Å². The van der Waals surface area contributed by atoms with E-state index in [0.29, 0.717) is 0 Å². The minimum Gasteiger partial charge on any atom is -0.281 e. The first kappa shape index (κ1) is 15.0. The molecule has 8 heteroatoms. The fourth-order valence-electron chi connectivity index (χ4n) is 0.640. The highest BCUT2D eigenvalue weighted by Gasteiger charge is 2.51. The highest BCUT2D eigenvalue weighted by atomic mass is 35.5.